The predicted octanol–water partition coefficient (Wildman–Crippen LogP) is 2.30. The Hall–Kier alpha value is -0.580. The SMILES string of the molecule is Cc1cc(C(=O)O)ccc1I. The normalized spacial score (nSPS) is 9.64. The molecule has 0 unspecified atom stereocenters. The van der Waals surface area contributed by atoms with Crippen LogP contribution in [-0.2, 0) is 0 Å². The van der Waals surface area contributed by atoms with E-state index in [1.54, 1.807) is 18.2 Å². The molecule has 0 spiro atoms. The van der Waals surface area contributed by atoms with Gasteiger partial charge in [-0.15, -0.1) is 0 Å². The Labute approximate surface area is 78.4 Å². The Balaban J connectivity index is 3.15. The van der Waals surface area contributed by atoms with Gasteiger partial charge in [0.15, 0.2) is 0 Å². The van der Waals surface area contributed by atoms with E-state index < -0.39 is 5.97 Å². The molecule has 58 valence electrons. The number of aromatic carboxylic acids is 1. The highest BCUT2D eigenvalue weighted by Gasteiger charge is 2.02. The van der Waals surface area contributed by atoms with E-state index in [-0.39, 0.29) is 0 Å². The number of aryl methyl sites for hydroxylation is 1. The monoisotopic (exact) mass is 262 g/mol. The van der Waals surface area contributed by atoms with E-state index in [9.17, 15) is 4.79 Å². The molecule has 1 N–H and O–H groups in total. The first-order valence-electron chi connectivity index (χ1n) is 3.10. The molecule has 0 fully saturated rings. The Morgan fingerprint density at radius 2 is 2.18 bits per heavy atom. The van der Waals surface area contributed by atoms with Gasteiger partial charge in [0.2, 0.25) is 0 Å². The van der Waals surface area contributed by atoms with Crippen molar-refractivity contribution in [1.29, 1.82) is 0 Å². The van der Waals surface area contributed by atoms with E-state index in [4.69, 9.17) is 5.11 Å². The Bertz CT molecular complexity index is 294. The fourth-order valence-corrected chi connectivity index (χ4v) is 1.11. The first-order valence-corrected chi connectivity index (χ1v) is 4.18. The van der Waals surface area contributed by atoms with E-state index in [0.717, 1.165) is 9.13 Å². The van der Waals surface area contributed by atoms with Crippen LogP contribution in [0.1, 0.15) is 15.9 Å². The van der Waals surface area contributed by atoms with E-state index in [0.29, 0.717) is 5.56 Å². The summed E-state index contributed by atoms with van der Waals surface area (Å²) in [6, 6.07) is 5.08. The van der Waals surface area contributed by atoms with Crippen LogP contribution in [0.2, 0.25) is 0 Å². The smallest absolute Gasteiger partial charge is 0.335 e. The molecular weight excluding hydrogens is 255 g/mol. The van der Waals surface area contributed by atoms with E-state index in [1.165, 1.54) is 0 Å². The van der Waals surface area contributed by atoms with Gasteiger partial charge in [0.25, 0.3) is 0 Å². The molecule has 0 aliphatic carbocycles. The van der Waals surface area contributed by atoms with Gasteiger partial charge in [-0.05, 0) is 53.3 Å². The zero-order chi connectivity index (χ0) is 8.43. The van der Waals surface area contributed by atoms with Crippen molar-refractivity contribution in [2.75, 3.05) is 0 Å². The van der Waals surface area contributed by atoms with Crippen LogP contribution in [0.4, 0.5) is 0 Å². The topological polar surface area (TPSA) is 37.3 Å². The molecule has 1 aromatic carbocycles. The molecule has 0 heterocycles. The quantitative estimate of drug-likeness (QED) is 0.788. The molecule has 0 aliphatic heterocycles. The summed E-state index contributed by atoms with van der Waals surface area (Å²) in [7, 11) is 0. The summed E-state index contributed by atoms with van der Waals surface area (Å²) >= 11 is 2.17. The number of rotatable bonds is 1. The van der Waals surface area contributed by atoms with Crippen molar-refractivity contribution >= 4 is 28.6 Å². The number of hydrogen-bond donors (Lipinski definition) is 1. The van der Waals surface area contributed by atoms with Gasteiger partial charge in [0.1, 0.15) is 0 Å². The lowest BCUT2D eigenvalue weighted by molar-refractivity contribution is 0.0697. The second kappa shape index (κ2) is 3.21. The highest BCUT2D eigenvalue weighted by Crippen LogP contribution is 2.12. The first kappa shape index (κ1) is 8.52. The van der Waals surface area contributed by atoms with Crippen LogP contribution >= 0.6 is 22.6 Å². The molecule has 0 saturated heterocycles. The predicted molar refractivity (Wildman–Crippen MR) is 50.9 cm³/mol. The third-order valence-electron chi connectivity index (χ3n) is 1.40. The highest BCUT2D eigenvalue weighted by atomic mass is 127. The van der Waals surface area contributed by atoms with Crippen molar-refractivity contribution in [2.45, 2.75) is 6.92 Å². The molecule has 3 heteroatoms. The lowest BCUT2D eigenvalue weighted by Gasteiger charge is -1.98. The van der Waals surface area contributed by atoms with Gasteiger partial charge in [0.05, 0.1) is 5.56 Å². The Morgan fingerprint density at radius 3 is 2.64 bits per heavy atom. The van der Waals surface area contributed by atoms with Crippen LogP contribution < -0.4 is 0 Å². The van der Waals surface area contributed by atoms with Crippen molar-refractivity contribution in [2.24, 2.45) is 0 Å². The second-order valence-corrected chi connectivity index (χ2v) is 3.43. The van der Waals surface area contributed by atoms with Gasteiger partial charge in [-0.2, -0.15) is 0 Å². The van der Waals surface area contributed by atoms with Crippen LogP contribution in [0.3, 0.4) is 0 Å². The maximum absolute atomic E-state index is 10.5. The number of carboxylic acid groups (broad SMARTS) is 1. The highest BCUT2D eigenvalue weighted by molar-refractivity contribution is 14.1. The first-order chi connectivity index (χ1) is 5.11. The lowest BCUT2D eigenvalue weighted by Crippen LogP contribution is -1.96. The maximum Gasteiger partial charge on any atom is 0.335 e. The van der Waals surface area contributed by atoms with E-state index in [1.807, 2.05) is 6.92 Å². The largest absolute Gasteiger partial charge is 0.478 e. The minimum atomic E-state index is -0.871. The van der Waals surface area contributed by atoms with Crippen LogP contribution in [0, 0.1) is 10.5 Å². The third-order valence-corrected chi connectivity index (χ3v) is 2.62. The van der Waals surface area contributed by atoms with Gasteiger partial charge in [0, 0.05) is 3.57 Å². The van der Waals surface area contributed by atoms with Gasteiger partial charge >= 0.3 is 5.97 Å². The molecular formula is C8H7IO2. The zero-order valence-electron chi connectivity index (χ0n) is 5.97. The summed E-state index contributed by atoms with van der Waals surface area (Å²) in [6.45, 7) is 1.90. The molecule has 0 aromatic heterocycles. The summed E-state index contributed by atoms with van der Waals surface area (Å²) in [6.07, 6.45) is 0. The molecule has 0 amide bonds. The van der Waals surface area contributed by atoms with Crippen LogP contribution in [0.15, 0.2) is 18.2 Å². The summed E-state index contributed by atoms with van der Waals surface area (Å²) in [4.78, 5) is 10.5. The molecule has 0 radical (unpaired) electrons. The van der Waals surface area contributed by atoms with Gasteiger partial charge in [-0.3, -0.25) is 0 Å². The molecule has 0 bridgehead atoms. The zero-order valence-corrected chi connectivity index (χ0v) is 8.12. The van der Waals surface area contributed by atoms with E-state index in [2.05, 4.69) is 22.6 Å². The molecule has 0 atom stereocenters. The Kier molecular flexibility index (Phi) is 2.49. The second-order valence-electron chi connectivity index (χ2n) is 2.27. The molecule has 0 aliphatic rings. The van der Waals surface area contributed by atoms with Crippen molar-refractivity contribution in [3.8, 4) is 0 Å². The summed E-state index contributed by atoms with van der Waals surface area (Å²) in [5.41, 5.74) is 1.36. The fourth-order valence-electron chi connectivity index (χ4n) is 0.778. The molecule has 1 aromatic rings. The lowest BCUT2D eigenvalue weighted by atomic mass is 10.1. The van der Waals surface area contributed by atoms with Gasteiger partial charge in [-0.25, -0.2) is 4.79 Å². The summed E-state index contributed by atoms with van der Waals surface area (Å²) in [5.74, 6) is -0.871. The van der Waals surface area contributed by atoms with Gasteiger partial charge in [-0.1, -0.05) is 0 Å². The van der Waals surface area contributed by atoms with Crippen LogP contribution in [-0.4, -0.2) is 11.1 Å². The minimum Gasteiger partial charge on any atom is -0.478 e. The van der Waals surface area contributed by atoms with Crippen molar-refractivity contribution in [3.05, 3.63) is 32.9 Å². The van der Waals surface area contributed by atoms with Crippen molar-refractivity contribution in [3.63, 3.8) is 0 Å². The molecule has 2 nitrogen and oxygen atoms in total. The molecule has 0 saturated carbocycles. The number of halogens is 1. The standard InChI is InChI=1S/C8H7IO2/c1-5-4-6(8(10)11)2-3-7(5)9/h2-4H,1H3,(H,10,11). The van der Waals surface area contributed by atoms with Crippen molar-refractivity contribution in [1.82, 2.24) is 0 Å². The summed E-state index contributed by atoms with van der Waals surface area (Å²) in [5, 5.41) is 8.60. The van der Waals surface area contributed by atoms with Crippen LogP contribution in [0.25, 0.3) is 0 Å². The molecule has 1 rings (SSSR count). The van der Waals surface area contributed by atoms with Crippen LogP contribution in [0.5, 0.6) is 0 Å². The number of benzene rings is 1. The number of hydrogen-bond acceptors (Lipinski definition) is 1. The number of carboxylic acids is 1. The van der Waals surface area contributed by atoms with Crippen molar-refractivity contribution < 1.29 is 9.90 Å². The summed E-state index contributed by atoms with van der Waals surface area (Å²) < 4.78 is 1.09. The van der Waals surface area contributed by atoms with Gasteiger partial charge < -0.3 is 5.11 Å². The minimum absolute atomic E-state index is 0.350. The number of carbonyl (C=O) groups is 1. The maximum atomic E-state index is 10.5. The van der Waals surface area contributed by atoms with E-state index >= 15 is 0 Å². The fraction of sp³-hybridized carbons (Fsp3) is 0.125. The molecule has 11 heavy (non-hydrogen) atoms. The third kappa shape index (κ3) is 1.92. The Morgan fingerprint density at radius 1 is 1.55 bits per heavy atom. The average Bonchev–Trinajstić information content (AvgIpc) is 1.94. The average molecular weight is 262 g/mol.